The van der Waals surface area contributed by atoms with Gasteiger partial charge >= 0.3 is 6.18 Å². The molecule has 1 unspecified atom stereocenters. The zero-order chi connectivity index (χ0) is 23.2. The molecule has 4 rings (SSSR count). The summed E-state index contributed by atoms with van der Waals surface area (Å²) in [6.45, 7) is 3.83. The molecule has 0 radical (unpaired) electrons. The van der Waals surface area contributed by atoms with Crippen LogP contribution in [0.3, 0.4) is 0 Å². The van der Waals surface area contributed by atoms with E-state index in [2.05, 4.69) is 25.7 Å². The number of methoxy groups -OCH3 is 1. The Balaban J connectivity index is 1.42. The largest absolute Gasteiger partial charge is 0.433 e. The number of anilines is 3. The van der Waals surface area contributed by atoms with Crippen LogP contribution in [0.25, 0.3) is 0 Å². The summed E-state index contributed by atoms with van der Waals surface area (Å²) >= 11 is 0. The molecular weight excluding hydrogens is 427 g/mol. The molecule has 1 fully saturated rings. The zero-order valence-electron chi connectivity index (χ0n) is 18.3. The molecule has 1 aliphatic heterocycles. The van der Waals surface area contributed by atoms with Crippen molar-refractivity contribution in [1.29, 1.82) is 0 Å². The molecule has 1 saturated carbocycles. The van der Waals surface area contributed by atoms with Crippen LogP contribution in [0.5, 0.6) is 0 Å². The van der Waals surface area contributed by atoms with Gasteiger partial charge in [0.25, 0.3) is 0 Å². The second-order valence-electron chi connectivity index (χ2n) is 8.39. The fourth-order valence-electron chi connectivity index (χ4n) is 4.33. The molecule has 1 amide bonds. The molecule has 12 heteroatoms. The molecule has 0 spiro atoms. The molecule has 3 heterocycles. The molecule has 9 nitrogen and oxygen atoms in total. The number of amides is 1. The van der Waals surface area contributed by atoms with Gasteiger partial charge in [-0.05, 0) is 38.7 Å². The Labute approximate surface area is 183 Å². The van der Waals surface area contributed by atoms with Crippen molar-refractivity contribution in [3.8, 4) is 0 Å². The van der Waals surface area contributed by atoms with Gasteiger partial charge in [-0.1, -0.05) is 0 Å². The average molecular weight is 453 g/mol. The van der Waals surface area contributed by atoms with Gasteiger partial charge < -0.3 is 20.3 Å². The van der Waals surface area contributed by atoms with E-state index in [1.807, 2.05) is 6.92 Å². The lowest BCUT2D eigenvalue weighted by Gasteiger charge is -2.38. The fourth-order valence-corrected chi connectivity index (χ4v) is 4.33. The summed E-state index contributed by atoms with van der Waals surface area (Å²) in [4.78, 5) is 23.3. The Morgan fingerprint density at radius 1 is 1.34 bits per heavy atom. The van der Waals surface area contributed by atoms with Gasteiger partial charge in [-0.25, -0.2) is 4.98 Å². The number of nitrogens with one attached hydrogen (secondary N) is 2. The Morgan fingerprint density at radius 2 is 2.06 bits per heavy atom. The molecule has 2 aromatic rings. The maximum atomic E-state index is 13.0. The molecule has 32 heavy (non-hydrogen) atoms. The van der Waals surface area contributed by atoms with E-state index in [0.717, 1.165) is 10.7 Å². The lowest BCUT2D eigenvalue weighted by atomic mass is 9.80. The summed E-state index contributed by atoms with van der Waals surface area (Å²) in [6.07, 6.45) is -2.20. The average Bonchev–Trinajstić information content (AvgIpc) is 3.16. The number of carbonyl (C=O) groups is 1. The zero-order valence-corrected chi connectivity index (χ0v) is 18.3. The molecule has 1 aliphatic carbocycles. The molecule has 2 N–H and O–H groups in total. The highest BCUT2D eigenvalue weighted by Gasteiger charge is 2.39. The number of halogens is 3. The summed E-state index contributed by atoms with van der Waals surface area (Å²) in [5, 5.41) is 9.95. The maximum Gasteiger partial charge on any atom is 0.433 e. The number of aryl methyl sites for hydroxylation is 1. The monoisotopic (exact) mass is 453 g/mol. The minimum Gasteiger partial charge on any atom is -0.379 e. The second kappa shape index (κ2) is 8.23. The topological polar surface area (TPSA) is 97.2 Å². The number of fused-ring (bicyclic) bond motifs is 1. The van der Waals surface area contributed by atoms with E-state index in [1.165, 1.54) is 6.20 Å². The molecule has 0 saturated heterocycles. The molecule has 2 aliphatic rings. The molecule has 0 bridgehead atoms. The molecule has 2 atom stereocenters. The smallest absolute Gasteiger partial charge is 0.379 e. The summed E-state index contributed by atoms with van der Waals surface area (Å²) in [5.41, 5.74) is 0.461. The first-order valence-corrected chi connectivity index (χ1v) is 10.4. The molecular formula is C20H26F3N7O2. The molecule has 2 aromatic heterocycles. The summed E-state index contributed by atoms with van der Waals surface area (Å²) < 4.78 is 45.4. The summed E-state index contributed by atoms with van der Waals surface area (Å²) in [7, 11) is 3.34. The van der Waals surface area contributed by atoms with Gasteiger partial charge in [-0.3, -0.25) is 9.48 Å². The van der Waals surface area contributed by atoms with Crippen LogP contribution >= 0.6 is 0 Å². The van der Waals surface area contributed by atoms with Gasteiger partial charge in [0.1, 0.15) is 17.4 Å². The van der Waals surface area contributed by atoms with E-state index in [0.29, 0.717) is 36.0 Å². The second-order valence-corrected chi connectivity index (χ2v) is 8.39. The van der Waals surface area contributed by atoms with Crippen LogP contribution in [0.2, 0.25) is 0 Å². The lowest BCUT2D eigenvalue weighted by molar-refractivity contribution is -0.144. The van der Waals surface area contributed by atoms with Crippen molar-refractivity contribution >= 4 is 23.4 Å². The number of carbonyl (C=O) groups excluding carboxylic acids is 1. The Hall–Kier alpha value is -2.89. The van der Waals surface area contributed by atoms with Crippen molar-refractivity contribution in [3.05, 3.63) is 23.7 Å². The SMILES string of the molecule is COC(C)[C@H]1C(=O)Nc2c(C)nc(N[C@H]3C[C@@H](Cn4nccc4C(F)(F)F)C3)nc2N1C. The van der Waals surface area contributed by atoms with Gasteiger partial charge in [0, 0.05) is 32.9 Å². The molecule has 0 aromatic carbocycles. The van der Waals surface area contributed by atoms with E-state index in [4.69, 9.17) is 4.74 Å². The number of hydrogen-bond donors (Lipinski definition) is 2. The Morgan fingerprint density at radius 3 is 2.72 bits per heavy atom. The van der Waals surface area contributed by atoms with E-state index in [-0.39, 0.29) is 30.5 Å². The fraction of sp³-hybridized carbons (Fsp3) is 0.600. The van der Waals surface area contributed by atoms with Crippen molar-refractivity contribution in [2.45, 2.75) is 57.6 Å². The summed E-state index contributed by atoms with van der Waals surface area (Å²) in [5.74, 6) is 0.920. The van der Waals surface area contributed by atoms with Crippen LogP contribution in [0.15, 0.2) is 12.3 Å². The summed E-state index contributed by atoms with van der Waals surface area (Å²) in [6, 6.07) is 0.518. The third kappa shape index (κ3) is 4.10. The first kappa shape index (κ1) is 22.3. The predicted molar refractivity (Wildman–Crippen MR) is 111 cm³/mol. The Kier molecular flexibility index (Phi) is 5.74. The van der Waals surface area contributed by atoms with Gasteiger partial charge in [-0.2, -0.15) is 23.3 Å². The van der Waals surface area contributed by atoms with Crippen LogP contribution in [0.4, 0.5) is 30.6 Å². The van der Waals surface area contributed by atoms with E-state index >= 15 is 0 Å². The highest BCUT2D eigenvalue weighted by Crippen LogP contribution is 2.36. The Bertz CT molecular complexity index is 1000. The van der Waals surface area contributed by atoms with E-state index in [1.54, 1.807) is 26.0 Å². The standard InChI is InChI=1S/C20H26F3N7O2/c1-10-15-17(29(3)16(11(2)32-4)18(31)27-15)28-19(25-10)26-13-7-12(8-13)9-30-14(5-6-24-30)20(21,22)23/h5-6,11-13,16H,7-9H2,1-4H3,(H,27,31)(H,25,26,28)/t11?,12-,13+,16-/m0/s1. The van der Waals surface area contributed by atoms with Crippen LogP contribution in [0, 0.1) is 12.8 Å². The third-order valence-electron chi connectivity index (χ3n) is 6.16. The third-order valence-corrected chi connectivity index (χ3v) is 6.16. The minimum absolute atomic E-state index is 0.0551. The van der Waals surface area contributed by atoms with Crippen LogP contribution in [-0.2, 0) is 22.3 Å². The van der Waals surface area contributed by atoms with Gasteiger partial charge in [-0.15, -0.1) is 0 Å². The van der Waals surface area contributed by atoms with Crippen molar-refractivity contribution < 1.29 is 22.7 Å². The number of likely N-dealkylation sites (N-methyl/N-ethyl adjacent to an activating group) is 1. The van der Waals surface area contributed by atoms with Crippen molar-refractivity contribution in [3.63, 3.8) is 0 Å². The van der Waals surface area contributed by atoms with Gasteiger partial charge in [0.05, 0.1) is 11.8 Å². The number of nitrogens with zero attached hydrogens (tertiary/aromatic N) is 5. The van der Waals surface area contributed by atoms with E-state index < -0.39 is 17.9 Å². The first-order chi connectivity index (χ1) is 15.1. The van der Waals surface area contributed by atoms with Gasteiger partial charge in [0.15, 0.2) is 5.82 Å². The van der Waals surface area contributed by atoms with Crippen molar-refractivity contribution in [1.82, 2.24) is 19.7 Å². The molecule has 174 valence electrons. The quantitative estimate of drug-likeness (QED) is 0.694. The van der Waals surface area contributed by atoms with Crippen molar-refractivity contribution in [2.24, 2.45) is 5.92 Å². The van der Waals surface area contributed by atoms with Crippen molar-refractivity contribution in [2.75, 3.05) is 29.7 Å². The van der Waals surface area contributed by atoms with Gasteiger partial charge in [0.2, 0.25) is 11.9 Å². The number of alkyl halides is 3. The number of rotatable bonds is 6. The van der Waals surface area contributed by atoms with Crippen LogP contribution < -0.4 is 15.5 Å². The number of aromatic nitrogens is 4. The number of hydrogen-bond acceptors (Lipinski definition) is 7. The van der Waals surface area contributed by atoms with Crippen LogP contribution in [-0.4, -0.2) is 58.0 Å². The highest BCUT2D eigenvalue weighted by atomic mass is 19.4. The first-order valence-electron chi connectivity index (χ1n) is 10.4. The highest BCUT2D eigenvalue weighted by molar-refractivity contribution is 6.03. The normalized spacial score (nSPS) is 23.9. The van der Waals surface area contributed by atoms with Crippen LogP contribution in [0.1, 0.15) is 31.2 Å². The van der Waals surface area contributed by atoms with E-state index in [9.17, 15) is 18.0 Å². The minimum atomic E-state index is -4.41. The number of ether oxygens (including phenoxy) is 1. The predicted octanol–water partition coefficient (Wildman–Crippen LogP) is 2.68. The maximum absolute atomic E-state index is 13.0. The lowest BCUT2D eigenvalue weighted by Crippen LogP contribution is -2.53.